The summed E-state index contributed by atoms with van der Waals surface area (Å²) >= 11 is 0. The molecule has 88 valence electrons. The first kappa shape index (κ1) is 11.3. The third kappa shape index (κ3) is 2.87. The summed E-state index contributed by atoms with van der Waals surface area (Å²) in [6.07, 6.45) is 1.74. The predicted molar refractivity (Wildman–Crippen MR) is 66.1 cm³/mol. The monoisotopic (exact) mass is 230 g/mol. The molecule has 0 bridgehead atoms. The van der Waals surface area contributed by atoms with Gasteiger partial charge in [0.15, 0.2) is 0 Å². The van der Waals surface area contributed by atoms with Crippen LogP contribution < -0.4 is 5.32 Å². The molecular weight excluding hydrogens is 216 g/mol. The topological polar surface area (TPSA) is 65.4 Å². The number of anilines is 1. The number of aromatic nitrogens is 1. The lowest BCUT2D eigenvalue weighted by molar-refractivity contribution is 0.446. The Morgan fingerprint density at radius 3 is 2.65 bits per heavy atom. The van der Waals surface area contributed by atoms with E-state index in [1.165, 1.54) is 6.07 Å². The van der Waals surface area contributed by atoms with Gasteiger partial charge in [-0.1, -0.05) is 0 Å². The Bertz CT molecular complexity index is 509. The van der Waals surface area contributed by atoms with Gasteiger partial charge in [0.05, 0.1) is 11.9 Å². The number of aromatic hydroxyl groups is 2. The van der Waals surface area contributed by atoms with Crippen LogP contribution in [-0.4, -0.2) is 15.2 Å². The average molecular weight is 230 g/mol. The van der Waals surface area contributed by atoms with Crippen LogP contribution in [0.1, 0.15) is 11.3 Å². The minimum absolute atomic E-state index is 0.0586. The smallest absolute Gasteiger partial charge is 0.124 e. The summed E-state index contributed by atoms with van der Waals surface area (Å²) in [5.74, 6) is 0.140. The second kappa shape index (κ2) is 4.74. The highest BCUT2D eigenvalue weighted by Gasteiger charge is 2.02. The van der Waals surface area contributed by atoms with E-state index in [9.17, 15) is 5.11 Å². The quantitative estimate of drug-likeness (QED) is 0.757. The molecule has 1 heterocycles. The van der Waals surface area contributed by atoms with Gasteiger partial charge >= 0.3 is 0 Å². The minimum Gasteiger partial charge on any atom is -0.508 e. The summed E-state index contributed by atoms with van der Waals surface area (Å²) in [7, 11) is 0. The normalized spacial score (nSPS) is 10.2. The number of hydrogen-bond acceptors (Lipinski definition) is 4. The van der Waals surface area contributed by atoms with Gasteiger partial charge in [-0.3, -0.25) is 4.98 Å². The Morgan fingerprint density at radius 1 is 1.18 bits per heavy atom. The maximum absolute atomic E-state index is 9.60. The fourth-order valence-electron chi connectivity index (χ4n) is 1.47. The van der Waals surface area contributed by atoms with E-state index in [4.69, 9.17) is 5.11 Å². The Labute approximate surface area is 99.6 Å². The van der Waals surface area contributed by atoms with E-state index in [1.54, 1.807) is 18.3 Å². The molecule has 0 fully saturated rings. The van der Waals surface area contributed by atoms with Crippen LogP contribution in [-0.2, 0) is 6.54 Å². The largest absolute Gasteiger partial charge is 0.508 e. The van der Waals surface area contributed by atoms with Gasteiger partial charge < -0.3 is 15.5 Å². The number of rotatable bonds is 3. The van der Waals surface area contributed by atoms with Gasteiger partial charge in [-0.25, -0.2) is 0 Å². The molecule has 3 N–H and O–H groups in total. The molecular formula is C13H14N2O2. The van der Waals surface area contributed by atoms with Crippen molar-refractivity contribution < 1.29 is 10.2 Å². The molecule has 0 radical (unpaired) electrons. The van der Waals surface area contributed by atoms with Crippen molar-refractivity contribution >= 4 is 5.69 Å². The molecule has 2 aromatic rings. The van der Waals surface area contributed by atoms with Gasteiger partial charge in [0.2, 0.25) is 0 Å². The van der Waals surface area contributed by atoms with E-state index in [2.05, 4.69) is 10.3 Å². The zero-order chi connectivity index (χ0) is 12.3. The highest BCUT2D eigenvalue weighted by Crippen LogP contribution is 2.23. The number of hydrogen-bond donors (Lipinski definition) is 3. The zero-order valence-electron chi connectivity index (χ0n) is 9.51. The van der Waals surface area contributed by atoms with E-state index < -0.39 is 0 Å². The second-order valence-corrected chi connectivity index (χ2v) is 3.85. The first-order valence-corrected chi connectivity index (χ1v) is 5.32. The van der Waals surface area contributed by atoms with Crippen LogP contribution in [0.2, 0.25) is 0 Å². The van der Waals surface area contributed by atoms with Crippen LogP contribution in [0.3, 0.4) is 0 Å². The second-order valence-electron chi connectivity index (χ2n) is 3.85. The van der Waals surface area contributed by atoms with E-state index in [-0.39, 0.29) is 11.5 Å². The molecule has 4 nitrogen and oxygen atoms in total. The Kier molecular flexibility index (Phi) is 3.14. The zero-order valence-corrected chi connectivity index (χ0v) is 9.51. The Balaban J connectivity index is 2.04. The van der Waals surface area contributed by atoms with Crippen molar-refractivity contribution in [3.63, 3.8) is 0 Å². The van der Waals surface area contributed by atoms with Crippen LogP contribution in [0, 0.1) is 6.92 Å². The molecule has 0 amide bonds. The summed E-state index contributed by atoms with van der Waals surface area (Å²) in [4.78, 5) is 4.16. The molecule has 1 aromatic heterocycles. The molecule has 0 aliphatic carbocycles. The van der Waals surface area contributed by atoms with Gasteiger partial charge in [0, 0.05) is 23.9 Å². The Morgan fingerprint density at radius 2 is 2.00 bits per heavy atom. The fraction of sp³-hybridized carbons (Fsp3) is 0.154. The number of phenols is 2. The molecule has 0 atom stereocenters. The highest BCUT2D eigenvalue weighted by atomic mass is 16.3. The molecule has 1 aromatic carbocycles. The fourth-order valence-corrected chi connectivity index (χ4v) is 1.47. The molecule has 17 heavy (non-hydrogen) atoms. The van der Waals surface area contributed by atoms with E-state index in [1.807, 2.05) is 19.1 Å². The summed E-state index contributed by atoms with van der Waals surface area (Å²) in [5, 5.41) is 21.9. The molecule has 0 aliphatic rings. The number of nitrogens with one attached hydrogen (secondary N) is 1. The summed E-state index contributed by atoms with van der Waals surface area (Å²) in [6.45, 7) is 2.41. The van der Waals surface area contributed by atoms with Crippen molar-refractivity contribution in [2.75, 3.05) is 5.32 Å². The van der Waals surface area contributed by atoms with Gasteiger partial charge in [0.25, 0.3) is 0 Å². The van der Waals surface area contributed by atoms with E-state index >= 15 is 0 Å². The molecule has 4 heteroatoms. The predicted octanol–water partition coefficient (Wildman–Crippen LogP) is 2.41. The van der Waals surface area contributed by atoms with Crippen molar-refractivity contribution in [2.45, 2.75) is 13.5 Å². The van der Waals surface area contributed by atoms with Crippen molar-refractivity contribution in [3.8, 4) is 11.5 Å². The van der Waals surface area contributed by atoms with Gasteiger partial charge in [-0.05, 0) is 31.2 Å². The number of pyridine rings is 1. The highest BCUT2D eigenvalue weighted by molar-refractivity contribution is 5.45. The van der Waals surface area contributed by atoms with Crippen LogP contribution >= 0.6 is 0 Å². The maximum Gasteiger partial charge on any atom is 0.124 e. The standard InChI is InChI=1S/C13H14N2O2/c1-9-2-4-11(8-14-9)15-7-10-3-5-12(16)6-13(10)17/h2-6,8,15-17H,7H2,1H3. The van der Waals surface area contributed by atoms with Crippen LogP contribution in [0.5, 0.6) is 11.5 Å². The third-order valence-corrected chi connectivity index (χ3v) is 2.46. The van der Waals surface area contributed by atoms with Crippen molar-refractivity contribution in [1.82, 2.24) is 4.98 Å². The number of nitrogens with zero attached hydrogens (tertiary/aromatic N) is 1. The summed E-state index contributed by atoms with van der Waals surface area (Å²) < 4.78 is 0. The van der Waals surface area contributed by atoms with Crippen LogP contribution in [0.15, 0.2) is 36.5 Å². The van der Waals surface area contributed by atoms with Crippen molar-refractivity contribution in [1.29, 1.82) is 0 Å². The van der Waals surface area contributed by atoms with E-state index in [0.29, 0.717) is 6.54 Å². The van der Waals surface area contributed by atoms with Gasteiger partial charge in [-0.15, -0.1) is 0 Å². The van der Waals surface area contributed by atoms with Crippen molar-refractivity contribution in [2.24, 2.45) is 0 Å². The molecule has 0 aliphatic heterocycles. The minimum atomic E-state index is 0.0586. The number of aryl methyl sites for hydroxylation is 1. The number of benzene rings is 1. The Hall–Kier alpha value is -2.23. The van der Waals surface area contributed by atoms with Crippen LogP contribution in [0.4, 0.5) is 5.69 Å². The molecule has 0 saturated carbocycles. The molecule has 0 saturated heterocycles. The molecule has 0 unspecified atom stereocenters. The van der Waals surface area contributed by atoms with Crippen molar-refractivity contribution in [3.05, 3.63) is 47.8 Å². The molecule has 0 spiro atoms. The maximum atomic E-state index is 9.60. The lowest BCUT2D eigenvalue weighted by Crippen LogP contribution is -2.00. The third-order valence-electron chi connectivity index (χ3n) is 2.46. The van der Waals surface area contributed by atoms with Gasteiger partial charge in [-0.2, -0.15) is 0 Å². The first-order valence-electron chi connectivity index (χ1n) is 5.32. The summed E-state index contributed by atoms with van der Waals surface area (Å²) in [6, 6.07) is 8.40. The van der Waals surface area contributed by atoms with Gasteiger partial charge in [0.1, 0.15) is 11.5 Å². The molecule has 2 rings (SSSR count). The lowest BCUT2D eigenvalue weighted by Gasteiger charge is -2.08. The average Bonchev–Trinajstić information content (AvgIpc) is 2.30. The summed E-state index contributed by atoms with van der Waals surface area (Å²) in [5.41, 5.74) is 2.58. The van der Waals surface area contributed by atoms with Crippen LogP contribution in [0.25, 0.3) is 0 Å². The first-order chi connectivity index (χ1) is 8.15. The lowest BCUT2D eigenvalue weighted by atomic mass is 10.2. The number of phenolic OH excluding ortho intramolecular Hbond substituents is 2. The SMILES string of the molecule is Cc1ccc(NCc2ccc(O)cc2O)cn1. The van der Waals surface area contributed by atoms with E-state index in [0.717, 1.165) is 16.9 Å².